The quantitative estimate of drug-likeness (QED) is 0.794. The Bertz CT molecular complexity index is 303. The average Bonchev–Trinajstić information content (AvgIpc) is 2.61. The highest BCUT2D eigenvalue weighted by molar-refractivity contribution is 5.16. The average molecular weight is 193 g/mol. The van der Waals surface area contributed by atoms with Gasteiger partial charge in [-0.05, 0) is 13.3 Å². The Morgan fingerprint density at radius 1 is 1.64 bits per heavy atom. The first kappa shape index (κ1) is 9.71. The van der Waals surface area contributed by atoms with Gasteiger partial charge in [-0.15, -0.1) is 0 Å². The highest BCUT2D eigenvalue weighted by Gasteiger charge is 2.16. The summed E-state index contributed by atoms with van der Waals surface area (Å²) in [5.41, 5.74) is 2.70. The maximum atomic E-state index is 4.46. The zero-order valence-corrected chi connectivity index (χ0v) is 9.08. The van der Waals surface area contributed by atoms with Crippen molar-refractivity contribution in [3.8, 4) is 0 Å². The molecule has 14 heavy (non-hydrogen) atoms. The lowest BCUT2D eigenvalue weighted by Crippen LogP contribution is -2.25. The number of nitrogens with one attached hydrogen (secondary N) is 1. The molecule has 78 valence electrons. The fraction of sp³-hybridized carbons (Fsp3) is 0.727. The van der Waals surface area contributed by atoms with E-state index in [0.717, 1.165) is 19.5 Å². The van der Waals surface area contributed by atoms with Crippen molar-refractivity contribution >= 4 is 0 Å². The lowest BCUT2D eigenvalue weighted by Gasteiger charge is -2.19. The molecule has 1 aliphatic rings. The lowest BCUT2D eigenvalue weighted by molar-refractivity contribution is 0.474. The van der Waals surface area contributed by atoms with Crippen molar-refractivity contribution in [1.82, 2.24) is 14.9 Å². The standard InChI is InChI=1S/C11H19N3/c1-3-4-9(2)14-8-13-10-7-12-6-5-11(10)14/h8-9,12H,3-7H2,1-2H3. The van der Waals surface area contributed by atoms with Gasteiger partial charge >= 0.3 is 0 Å². The van der Waals surface area contributed by atoms with Crippen LogP contribution in [0.1, 0.15) is 44.1 Å². The van der Waals surface area contributed by atoms with Crippen molar-refractivity contribution < 1.29 is 0 Å². The van der Waals surface area contributed by atoms with E-state index in [9.17, 15) is 0 Å². The van der Waals surface area contributed by atoms with Crippen LogP contribution >= 0.6 is 0 Å². The van der Waals surface area contributed by atoms with Crippen molar-refractivity contribution in [2.45, 2.75) is 45.7 Å². The molecular weight excluding hydrogens is 174 g/mol. The van der Waals surface area contributed by atoms with Gasteiger partial charge in [-0.25, -0.2) is 4.98 Å². The summed E-state index contributed by atoms with van der Waals surface area (Å²) in [5, 5.41) is 3.35. The third kappa shape index (κ3) is 1.69. The Balaban J connectivity index is 2.21. The van der Waals surface area contributed by atoms with Gasteiger partial charge in [0.05, 0.1) is 12.0 Å². The predicted octanol–water partition coefficient (Wildman–Crippen LogP) is 1.89. The molecule has 3 nitrogen and oxygen atoms in total. The van der Waals surface area contributed by atoms with E-state index in [2.05, 4.69) is 28.7 Å². The Hall–Kier alpha value is -0.830. The molecule has 1 atom stereocenters. The highest BCUT2D eigenvalue weighted by Crippen LogP contribution is 2.20. The van der Waals surface area contributed by atoms with Gasteiger partial charge in [0.2, 0.25) is 0 Å². The first-order valence-electron chi connectivity index (χ1n) is 5.58. The van der Waals surface area contributed by atoms with Crippen LogP contribution in [-0.2, 0) is 13.0 Å². The van der Waals surface area contributed by atoms with Gasteiger partial charge in [0, 0.05) is 31.2 Å². The molecule has 1 N–H and O–H groups in total. The second-order valence-electron chi connectivity index (χ2n) is 4.11. The summed E-state index contributed by atoms with van der Waals surface area (Å²) in [5.74, 6) is 0. The van der Waals surface area contributed by atoms with Crippen LogP contribution in [0, 0.1) is 0 Å². The van der Waals surface area contributed by atoms with Crippen LogP contribution < -0.4 is 5.32 Å². The minimum atomic E-state index is 0.606. The molecule has 0 spiro atoms. The molecule has 0 radical (unpaired) electrons. The van der Waals surface area contributed by atoms with Crippen molar-refractivity contribution in [3.63, 3.8) is 0 Å². The van der Waals surface area contributed by atoms with Gasteiger partial charge in [-0.2, -0.15) is 0 Å². The Morgan fingerprint density at radius 2 is 2.50 bits per heavy atom. The van der Waals surface area contributed by atoms with Crippen LogP contribution in [0.2, 0.25) is 0 Å². The molecule has 0 saturated carbocycles. The number of hydrogen-bond donors (Lipinski definition) is 1. The van der Waals surface area contributed by atoms with Crippen LogP contribution in [0.15, 0.2) is 6.33 Å². The third-order valence-electron chi connectivity index (χ3n) is 3.00. The van der Waals surface area contributed by atoms with Crippen LogP contribution in [-0.4, -0.2) is 16.1 Å². The molecule has 0 bridgehead atoms. The number of aromatic nitrogens is 2. The topological polar surface area (TPSA) is 29.9 Å². The van der Waals surface area contributed by atoms with E-state index in [1.807, 2.05) is 6.33 Å². The number of rotatable bonds is 3. The Labute approximate surface area is 85.5 Å². The molecule has 0 fully saturated rings. The summed E-state index contributed by atoms with van der Waals surface area (Å²) >= 11 is 0. The minimum Gasteiger partial charge on any atom is -0.331 e. The normalized spacial score (nSPS) is 17.9. The first-order chi connectivity index (χ1) is 6.83. The summed E-state index contributed by atoms with van der Waals surface area (Å²) in [4.78, 5) is 4.46. The summed E-state index contributed by atoms with van der Waals surface area (Å²) in [7, 11) is 0. The molecule has 0 saturated heterocycles. The zero-order valence-electron chi connectivity index (χ0n) is 9.08. The second kappa shape index (κ2) is 4.13. The number of fused-ring (bicyclic) bond motifs is 1. The van der Waals surface area contributed by atoms with Crippen LogP contribution in [0.4, 0.5) is 0 Å². The van der Waals surface area contributed by atoms with E-state index in [1.165, 1.54) is 24.2 Å². The van der Waals surface area contributed by atoms with Crippen molar-refractivity contribution in [2.24, 2.45) is 0 Å². The van der Waals surface area contributed by atoms with Crippen molar-refractivity contribution in [3.05, 3.63) is 17.7 Å². The van der Waals surface area contributed by atoms with Crippen LogP contribution in [0.3, 0.4) is 0 Å². The molecule has 0 aliphatic carbocycles. The molecule has 2 rings (SSSR count). The maximum absolute atomic E-state index is 4.46. The molecule has 1 aliphatic heterocycles. The molecule has 1 aromatic heterocycles. The Morgan fingerprint density at radius 3 is 3.29 bits per heavy atom. The van der Waals surface area contributed by atoms with E-state index in [1.54, 1.807) is 0 Å². The zero-order chi connectivity index (χ0) is 9.97. The van der Waals surface area contributed by atoms with Crippen LogP contribution in [0.25, 0.3) is 0 Å². The van der Waals surface area contributed by atoms with E-state index >= 15 is 0 Å². The minimum absolute atomic E-state index is 0.606. The van der Waals surface area contributed by atoms with Gasteiger partial charge in [-0.3, -0.25) is 0 Å². The van der Waals surface area contributed by atoms with Crippen molar-refractivity contribution in [2.75, 3.05) is 6.54 Å². The van der Waals surface area contributed by atoms with E-state index in [-0.39, 0.29) is 0 Å². The van der Waals surface area contributed by atoms with Crippen LogP contribution in [0.5, 0.6) is 0 Å². The van der Waals surface area contributed by atoms with Gasteiger partial charge in [-0.1, -0.05) is 13.3 Å². The molecule has 0 aromatic carbocycles. The Kier molecular flexibility index (Phi) is 2.87. The number of imidazole rings is 1. The molecular formula is C11H19N3. The summed E-state index contributed by atoms with van der Waals surface area (Å²) in [6.45, 7) is 6.56. The highest BCUT2D eigenvalue weighted by atomic mass is 15.1. The molecule has 1 unspecified atom stereocenters. The van der Waals surface area contributed by atoms with E-state index < -0.39 is 0 Å². The molecule has 1 aromatic rings. The SMILES string of the molecule is CCCC(C)n1cnc2c1CCNC2. The van der Waals surface area contributed by atoms with E-state index in [4.69, 9.17) is 0 Å². The first-order valence-corrected chi connectivity index (χ1v) is 5.58. The largest absolute Gasteiger partial charge is 0.331 e. The summed E-state index contributed by atoms with van der Waals surface area (Å²) < 4.78 is 2.36. The van der Waals surface area contributed by atoms with Gasteiger partial charge in [0.25, 0.3) is 0 Å². The van der Waals surface area contributed by atoms with Gasteiger partial charge in [0.15, 0.2) is 0 Å². The summed E-state index contributed by atoms with van der Waals surface area (Å²) in [6.07, 6.45) is 5.63. The number of nitrogens with zero attached hydrogens (tertiary/aromatic N) is 2. The van der Waals surface area contributed by atoms with Gasteiger partial charge in [0.1, 0.15) is 0 Å². The second-order valence-corrected chi connectivity index (χ2v) is 4.11. The molecule has 2 heterocycles. The number of hydrogen-bond acceptors (Lipinski definition) is 2. The monoisotopic (exact) mass is 193 g/mol. The lowest BCUT2D eigenvalue weighted by atomic mass is 10.1. The predicted molar refractivity (Wildman–Crippen MR) is 57.3 cm³/mol. The molecule has 3 heteroatoms. The maximum Gasteiger partial charge on any atom is 0.0954 e. The fourth-order valence-electron chi connectivity index (χ4n) is 2.20. The van der Waals surface area contributed by atoms with Gasteiger partial charge < -0.3 is 9.88 Å². The smallest absolute Gasteiger partial charge is 0.0954 e. The van der Waals surface area contributed by atoms with Crippen molar-refractivity contribution in [1.29, 1.82) is 0 Å². The summed E-state index contributed by atoms with van der Waals surface area (Å²) in [6, 6.07) is 0.606. The third-order valence-corrected chi connectivity index (χ3v) is 3.00. The fourth-order valence-corrected chi connectivity index (χ4v) is 2.20. The van der Waals surface area contributed by atoms with E-state index in [0.29, 0.717) is 6.04 Å². The molecule has 0 amide bonds.